The smallest absolute Gasteiger partial charge is 0.340 e. The summed E-state index contributed by atoms with van der Waals surface area (Å²) in [5.74, 6) is 1.96. The van der Waals surface area contributed by atoms with Crippen LogP contribution in [0.4, 0.5) is 0 Å². The number of carbonyl (C=O) groups is 2. The molecule has 4 atom stereocenters. The van der Waals surface area contributed by atoms with Crippen molar-refractivity contribution >= 4 is 11.9 Å². The van der Waals surface area contributed by atoms with Crippen molar-refractivity contribution in [3.05, 3.63) is 46.5 Å². The Hall–Kier alpha value is -2.10. The predicted octanol–water partition coefficient (Wildman–Crippen LogP) is 5.13. The van der Waals surface area contributed by atoms with E-state index in [2.05, 4.69) is 32.1 Å². The first-order chi connectivity index (χ1) is 13.6. The van der Waals surface area contributed by atoms with Gasteiger partial charge in [-0.15, -0.1) is 0 Å². The summed E-state index contributed by atoms with van der Waals surface area (Å²) >= 11 is 0. The van der Waals surface area contributed by atoms with Crippen LogP contribution in [0.1, 0.15) is 65.2 Å². The van der Waals surface area contributed by atoms with Crippen LogP contribution < -0.4 is 0 Å². The van der Waals surface area contributed by atoms with Gasteiger partial charge in [-0.25, -0.2) is 9.59 Å². The number of hydrogen-bond donors (Lipinski definition) is 0. The molecule has 4 nitrogen and oxygen atoms in total. The minimum atomic E-state index is -0.452. The Kier molecular flexibility index (Phi) is 4.15. The van der Waals surface area contributed by atoms with Crippen molar-refractivity contribution in [3.63, 3.8) is 0 Å². The van der Waals surface area contributed by atoms with E-state index in [0.717, 1.165) is 79.6 Å². The molecule has 148 valence electrons. The highest BCUT2D eigenvalue weighted by molar-refractivity contribution is 5.99. The van der Waals surface area contributed by atoms with E-state index in [1.165, 1.54) is 0 Å². The molecule has 28 heavy (non-hydrogen) atoms. The van der Waals surface area contributed by atoms with Crippen molar-refractivity contribution in [2.24, 2.45) is 23.2 Å². The second kappa shape index (κ2) is 6.47. The monoisotopic (exact) mass is 380 g/mol. The fraction of sp³-hybridized carbons (Fsp3) is 0.583. The molecule has 1 spiro atoms. The van der Waals surface area contributed by atoms with E-state index in [4.69, 9.17) is 9.47 Å². The summed E-state index contributed by atoms with van der Waals surface area (Å²) in [5, 5.41) is 0. The van der Waals surface area contributed by atoms with Gasteiger partial charge < -0.3 is 9.47 Å². The maximum Gasteiger partial charge on any atom is 0.340 e. The average Bonchev–Trinajstić information content (AvgIpc) is 3.19. The molecule has 2 fully saturated rings. The first kappa shape index (κ1) is 18.0. The molecule has 6 rings (SSSR count). The van der Waals surface area contributed by atoms with Crippen molar-refractivity contribution in [1.29, 1.82) is 0 Å². The van der Waals surface area contributed by atoms with E-state index in [-0.39, 0.29) is 17.9 Å². The highest BCUT2D eigenvalue weighted by Gasteiger charge is 2.66. The summed E-state index contributed by atoms with van der Waals surface area (Å²) in [6.07, 6.45) is 14.1. The molecule has 2 aliphatic heterocycles. The lowest BCUT2D eigenvalue weighted by Crippen LogP contribution is -2.50. The molecule has 1 saturated heterocycles. The van der Waals surface area contributed by atoms with Gasteiger partial charge in [0.05, 0.1) is 5.41 Å². The zero-order chi connectivity index (χ0) is 19.5. The van der Waals surface area contributed by atoms with Gasteiger partial charge in [0.15, 0.2) is 0 Å². The maximum atomic E-state index is 13.0. The molecular formula is C24H28O4. The number of unbranched alkanes of at least 4 members (excludes halogenated alkanes) is 2. The van der Waals surface area contributed by atoms with E-state index >= 15 is 0 Å². The van der Waals surface area contributed by atoms with Crippen LogP contribution in [0, 0.1) is 23.2 Å². The molecule has 4 heteroatoms. The van der Waals surface area contributed by atoms with Gasteiger partial charge in [0.1, 0.15) is 11.5 Å². The Balaban J connectivity index is 1.68. The van der Waals surface area contributed by atoms with Gasteiger partial charge in [-0.2, -0.15) is 0 Å². The second-order valence-corrected chi connectivity index (χ2v) is 8.82. The molecule has 2 heterocycles. The third-order valence-corrected chi connectivity index (χ3v) is 7.43. The number of rotatable bonds is 4. The first-order valence-electron chi connectivity index (χ1n) is 10.9. The number of allylic oxidation sites excluding steroid dienone is 5. The minimum absolute atomic E-state index is 0.0181. The Morgan fingerprint density at radius 3 is 2.64 bits per heavy atom. The molecule has 0 unspecified atom stereocenters. The lowest BCUT2D eigenvalue weighted by Gasteiger charge is -2.54. The van der Waals surface area contributed by atoms with Crippen LogP contribution in [0.3, 0.4) is 0 Å². The number of fused-ring (bicyclic) bond motifs is 1. The molecule has 0 aromatic carbocycles. The van der Waals surface area contributed by atoms with Gasteiger partial charge in [0, 0.05) is 22.6 Å². The average molecular weight is 380 g/mol. The summed E-state index contributed by atoms with van der Waals surface area (Å²) in [7, 11) is 0. The van der Waals surface area contributed by atoms with Gasteiger partial charge >= 0.3 is 11.9 Å². The van der Waals surface area contributed by atoms with Crippen LogP contribution in [-0.4, -0.2) is 11.9 Å². The number of carbonyl (C=O) groups excluding carboxylic acids is 2. The summed E-state index contributed by atoms with van der Waals surface area (Å²) in [5.41, 5.74) is 2.29. The summed E-state index contributed by atoms with van der Waals surface area (Å²) in [4.78, 5) is 25.8. The topological polar surface area (TPSA) is 52.6 Å². The van der Waals surface area contributed by atoms with Gasteiger partial charge in [0.25, 0.3) is 0 Å². The fourth-order valence-electron chi connectivity index (χ4n) is 6.29. The Bertz CT molecular complexity index is 871. The third kappa shape index (κ3) is 2.23. The van der Waals surface area contributed by atoms with E-state index in [9.17, 15) is 9.59 Å². The van der Waals surface area contributed by atoms with Crippen LogP contribution in [0.15, 0.2) is 46.5 Å². The highest BCUT2D eigenvalue weighted by Crippen LogP contribution is 2.68. The molecule has 0 amide bonds. The number of cyclic esters (lactones) is 2. The van der Waals surface area contributed by atoms with Crippen LogP contribution >= 0.6 is 0 Å². The molecular weight excluding hydrogens is 352 g/mol. The van der Waals surface area contributed by atoms with Crippen molar-refractivity contribution in [3.8, 4) is 0 Å². The number of hydrogen-bond acceptors (Lipinski definition) is 4. The van der Waals surface area contributed by atoms with Crippen LogP contribution in [-0.2, 0) is 19.1 Å². The van der Waals surface area contributed by atoms with Crippen molar-refractivity contribution in [2.75, 3.05) is 0 Å². The lowest BCUT2D eigenvalue weighted by molar-refractivity contribution is -0.135. The zero-order valence-electron chi connectivity index (χ0n) is 16.8. The quantitative estimate of drug-likeness (QED) is 0.635. The molecule has 0 radical (unpaired) electrons. The molecule has 0 N–H and O–H groups in total. The minimum Gasteiger partial charge on any atom is -0.427 e. The standard InChI is InChI=1S/C24H28O4/c1-3-5-7-18-16-10-9-15-14-11-12-24(21(15)20(16)23(26)27-18)17(13-14)22(25)28-19(24)8-6-4-2/h7-8,13-15,21H,3-6,9-12H2,1-2H3/b18-7-,19-8-/t14-,15-,21+,24-/m0/s1. The van der Waals surface area contributed by atoms with Gasteiger partial charge in [0.2, 0.25) is 0 Å². The number of ether oxygens (including phenoxy) is 2. The van der Waals surface area contributed by atoms with E-state index < -0.39 is 5.41 Å². The summed E-state index contributed by atoms with van der Waals surface area (Å²) < 4.78 is 11.6. The molecule has 1 saturated carbocycles. The summed E-state index contributed by atoms with van der Waals surface area (Å²) in [6, 6.07) is 0. The molecule has 2 bridgehead atoms. The van der Waals surface area contributed by atoms with Crippen LogP contribution in [0.5, 0.6) is 0 Å². The lowest BCUT2D eigenvalue weighted by atomic mass is 9.47. The number of esters is 2. The SMILES string of the molecule is CCC/C=C1\OC(=O)C2=C1CC[C@H]1[C@@H]3C=C4C(=O)O/C(=C\CCC)[C@@]4(CC3)[C@@H]21. The largest absolute Gasteiger partial charge is 0.427 e. The van der Waals surface area contributed by atoms with E-state index in [1.807, 2.05) is 0 Å². The van der Waals surface area contributed by atoms with E-state index in [1.54, 1.807) is 0 Å². The highest BCUT2D eigenvalue weighted by atomic mass is 16.5. The molecule has 6 aliphatic rings. The first-order valence-corrected chi connectivity index (χ1v) is 10.9. The van der Waals surface area contributed by atoms with Gasteiger partial charge in [-0.1, -0.05) is 32.8 Å². The Morgan fingerprint density at radius 2 is 1.86 bits per heavy atom. The fourth-order valence-corrected chi connectivity index (χ4v) is 6.29. The molecule has 4 aliphatic carbocycles. The summed E-state index contributed by atoms with van der Waals surface area (Å²) in [6.45, 7) is 4.26. The van der Waals surface area contributed by atoms with Crippen molar-refractivity contribution < 1.29 is 19.1 Å². The van der Waals surface area contributed by atoms with Crippen LogP contribution in [0.25, 0.3) is 0 Å². The Morgan fingerprint density at radius 1 is 1.07 bits per heavy atom. The normalized spacial score (nSPS) is 38.4. The third-order valence-electron chi connectivity index (χ3n) is 7.43. The maximum absolute atomic E-state index is 13.0. The Labute approximate surface area is 166 Å². The predicted molar refractivity (Wildman–Crippen MR) is 105 cm³/mol. The van der Waals surface area contributed by atoms with Gasteiger partial charge in [-0.3, -0.25) is 0 Å². The van der Waals surface area contributed by atoms with E-state index in [0.29, 0.717) is 11.8 Å². The van der Waals surface area contributed by atoms with Crippen molar-refractivity contribution in [2.45, 2.75) is 65.2 Å². The zero-order valence-corrected chi connectivity index (χ0v) is 16.8. The van der Waals surface area contributed by atoms with Gasteiger partial charge in [-0.05, 0) is 62.5 Å². The van der Waals surface area contributed by atoms with Crippen molar-refractivity contribution in [1.82, 2.24) is 0 Å². The molecule has 0 aromatic heterocycles. The van der Waals surface area contributed by atoms with Crippen LogP contribution in [0.2, 0.25) is 0 Å². The second-order valence-electron chi connectivity index (χ2n) is 8.82. The molecule has 0 aromatic rings.